The zero-order valence-corrected chi connectivity index (χ0v) is 19.1. The van der Waals surface area contributed by atoms with Gasteiger partial charge in [-0.2, -0.15) is 0 Å². The van der Waals surface area contributed by atoms with E-state index in [1.165, 1.54) is 13.0 Å². The molecule has 0 saturated carbocycles. The molecule has 0 spiro atoms. The number of benzene rings is 3. The molecular formula is C25H23BrN2O4. The minimum absolute atomic E-state index is 0.0693. The van der Waals surface area contributed by atoms with Crippen molar-refractivity contribution in [2.75, 3.05) is 5.32 Å². The molecule has 0 unspecified atom stereocenters. The number of carbonyl (C=O) groups is 3. The third-order valence-electron chi connectivity index (χ3n) is 4.63. The van der Waals surface area contributed by atoms with Crippen LogP contribution in [0.2, 0.25) is 0 Å². The van der Waals surface area contributed by atoms with Crippen molar-refractivity contribution in [3.63, 3.8) is 0 Å². The van der Waals surface area contributed by atoms with Gasteiger partial charge >= 0.3 is 5.97 Å². The van der Waals surface area contributed by atoms with Crippen molar-refractivity contribution < 1.29 is 19.1 Å². The summed E-state index contributed by atoms with van der Waals surface area (Å²) in [4.78, 5) is 36.1. The Morgan fingerprint density at radius 1 is 0.938 bits per heavy atom. The van der Waals surface area contributed by atoms with Crippen molar-refractivity contribution >= 4 is 39.4 Å². The predicted octanol–water partition coefficient (Wildman–Crippen LogP) is 4.88. The van der Waals surface area contributed by atoms with E-state index in [-0.39, 0.29) is 11.8 Å². The second kappa shape index (κ2) is 11.2. The van der Waals surface area contributed by atoms with E-state index in [0.717, 1.165) is 15.6 Å². The van der Waals surface area contributed by atoms with Crippen LogP contribution in [0, 0.1) is 0 Å². The van der Waals surface area contributed by atoms with Crippen LogP contribution in [0.25, 0.3) is 0 Å². The molecule has 0 radical (unpaired) electrons. The third kappa shape index (κ3) is 7.06. The highest BCUT2D eigenvalue weighted by atomic mass is 79.9. The molecule has 0 atom stereocenters. The fourth-order valence-electron chi connectivity index (χ4n) is 3.09. The van der Waals surface area contributed by atoms with Gasteiger partial charge in [-0.3, -0.25) is 14.4 Å². The summed E-state index contributed by atoms with van der Waals surface area (Å²) in [5.74, 6) is -0.563. The van der Waals surface area contributed by atoms with E-state index in [1.54, 1.807) is 24.3 Å². The molecule has 0 aromatic heterocycles. The molecule has 0 aliphatic heterocycles. The van der Waals surface area contributed by atoms with Crippen molar-refractivity contribution in [3.8, 4) is 5.75 Å². The van der Waals surface area contributed by atoms with E-state index in [1.807, 2.05) is 42.5 Å². The van der Waals surface area contributed by atoms with Gasteiger partial charge in [0, 0.05) is 35.6 Å². The number of halogens is 1. The maximum atomic E-state index is 12.7. The zero-order chi connectivity index (χ0) is 22.9. The largest absolute Gasteiger partial charge is 0.427 e. The van der Waals surface area contributed by atoms with Crippen molar-refractivity contribution in [3.05, 3.63) is 94.0 Å². The molecule has 7 heteroatoms. The van der Waals surface area contributed by atoms with Gasteiger partial charge in [-0.25, -0.2) is 0 Å². The van der Waals surface area contributed by atoms with Crippen LogP contribution in [0.3, 0.4) is 0 Å². The Bertz CT molecular complexity index is 1130. The molecule has 2 N–H and O–H groups in total. The number of esters is 1. The Hall–Kier alpha value is -3.45. The van der Waals surface area contributed by atoms with Gasteiger partial charge < -0.3 is 15.4 Å². The van der Waals surface area contributed by atoms with E-state index in [0.29, 0.717) is 36.4 Å². The summed E-state index contributed by atoms with van der Waals surface area (Å²) in [5.41, 5.74) is 2.82. The first-order chi connectivity index (χ1) is 15.4. The molecular weight excluding hydrogens is 472 g/mol. The number of aryl methyl sites for hydroxylation is 1. The SMILES string of the molecule is CC(=O)Oc1cccc(C(=O)Nc2ccccc2CNC(=O)CCc2cccc(Br)c2)c1. The van der Waals surface area contributed by atoms with Crippen molar-refractivity contribution in [1.29, 1.82) is 0 Å². The standard InChI is InChI=1S/C25H23BrN2O4/c1-17(29)32-22-10-5-8-19(15-22)25(31)28-23-11-3-2-7-20(23)16-27-24(30)13-12-18-6-4-9-21(26)14-18/h2-11,14-15H,12-13,16H2,1H3,(H,27,30)(H,28,31). The molecule has 0 bridgehead atoms. The highest BCUT2D eigenvalue weighted by molar-refractivity contribution is 9.10. The lowest BCUT2D eigenvalue weighted by molar-refractivity contribution is -0.131. The highest BCUT2D eigenvalue weighted by Gasteiger charge is 2.11. The number of carbonyl (C=O) groups excluding carboxylic acids is 3. The van der Waals surface area contributed by atoms with E-state index >= 15 is 0 Å². The van der Waals surface area contributed by atoms with Gasteiger partial charge in [0.05, 0.1) is 0 Å². The van der Waals surface area contributed by atoms with Crippen LogP contribution in [0.4, 0.5) is 5.69 Å². The summed E-state index contributed by atoms with van der Waals surface area (Å²) in [6.07, 6.45) is 1.01. The second-order valence-electron chi connectivity index (χ2n) is 7.14. The molecule has 0 aliphatic rings. The lowest BCUT2D eigenvalue weighted by Gasteiger charge is -2.12. The molecule has 3 aromatic carbocycles. The van der Waals surface area contributed by atoms with Gasteiger partial charge in [0.15, 0.2) is 0 Å². The Balaban J connectivity index is 1.59. The molecule has 0 heterocycles. The summed E-state index contributed by atoms with van der Waals surface area (Å²) in [6.45, 7) is 1.59. The number of anilines is 1. The molecule has 32 heavy (non-hydrogen) atoms. The fourth-order valence-corrected chi connectivity index (χ4v) is 3.54. The molecule has 3 rings (SSSR count). The average molecular weight is 495 g/mol. The minimum Gasteiger partial charge on any atom is -0.427 e. The number of hydrogen-bond acceptors (Lipinski definition) is 4. The van der Waals surface area contributed by atoms with Crippen LogP contribution in [0.5, 0.6) is 5.75 Å². The predicted molar refractivity (Wildman–Crippen MR) is 126 cm³/mol. The molecule has 6 nitrogen and oxygen atoms in total. The molecule has 0 fully saturated rings. The third-order valence-corrected chi connectivity index (χ3v) is 5.12. The summed E-state index contributed by atoms with van der Waals surface area (Å²) in [5, 5.41) is 5.77. The number of para-hydroxylation sites is 1. The average Bonchev–Trinajstić information content (AvgIpc) is 2.77. The van der Waals surface area contributed by atoms with Gasteiger partial charge in [0.2, 0.25) is 5.91 Å². The summed E-state index contributed by atoms with van der Waals surface area (Å²) < 4.78 is 6.02. The number of ether oxygens (including phenoxy) is 1. The topological polar surface area (TPSA) is 84.5 Å². The first-order valence-electron chi connectivity index (χ1n) is 10.1. The molecule has 164 valence electrons. The van der Waals surface area contributed by atoms with Gasteiger partial charge in [0.25, 0.3) is 5.91 Å². The van der Waals surface area contributed by atoms with E-state index in [4.69, 9.17) is 4.74 Å². The van der Waals surface area contributed by atoms with Crippen LogP contribution in [0.1, 0.15) is 34.8 Å². The summed E-state index contributed by atoms with van der Waals surface area (Å²) in [6, 6.07) is 21.5. The van der Waals surface area contributed by atoms with Crippen LogP contribution in [-0.4, -0.2) is 17.8 Å². The van der Waals surface area contributed by atoms with Crippen molar-refractivity contribution in [2.24, 2.45) is 0 Å². The maximum absolute atomic E-state index is 12.7. The molecule has 2 amide bonds. The number of nitrogens with one attached hydrogen (secondary N) is 2. The Morgan fingerprint density at radius 2 is 1.72 bits per heavy atom. The van der Waals surface area contributed by atoms with Crippen molar-refractivity contribution in [1.82, 2.24) is 5.32 Å². The zero-order valence-electron chi connectivity index (χ0n) is 17.6. The number of hydrogen-bond donors (Lipinski definition) is 2. The number of rotatable bonds is 8. The first-order valence-corrected chi connectivity index (χ1v) is 10.9. The van der Waals surface area contributed by atoms with Crippen LogP contribution < -0.4 is 15.4 Å². The van der Waals surface area contributed by atoms with E-state index < -0.39 is 5.97 Å². The quantitative estimate of drug-likeness (QED) is 0.345. The highest BCUT2D eigenvalue weighted by Crippen LogP contribution is 2.19. The lowest BCUT2D eigenvalue weighted by atomic mass is 10.1. The van der Waals surface area contributed by atoms with Crippen LogP contribution in [-0.2, 0) is 22.6 Å². The minimum atomic E-state index is -0.455. The Kier molecular flexibility index (Phi) is 8.16. The summed E-state index contributed by atoms with van der Waals surface area (Å²) in [7, 11) is 0. The lowest BCUT2D eigenvalue weighted by Crippen LogP contribution is -2.24. The monoisotopic (exact) mass is 494 g/mol. The van der Waals surface area contributed by atoms with Crippen molar-refractivity contribution in [2.45, 2.75) is 26.3 Å². The Labute approximate surface area is 195 Å². The van der Waals surface area contributed by atoms with Crippen LogP contribution in [0.15, 0.2) is 77.3 Å². The molecule has 0 aliphatic carbocycles. The fraction of sp³-hybridized carbons (Fsp3) is 0.160. The Morgan fingerprint density at radius 3 is 2.50 bits per heavy atom. The van der Waals surface area contributed by atoms with Gasteiger partial charge in [0.1, 0.15) is 5.75 Å². The van der Waals surface area contributed by atoms with Gasteiger partial charge in [-0.15, -0.1) is 0 Å². The number of amides is 2. The van der Waals surface area contributed by atoms with E-state index in [2.05, 4.69) is 26.6 Å². The smallest absolute Gasteiger partial charge is 0.308 e. The van der Waals surface area contributed by atoms with Gasteiger partial charge in [-0.1, -0.05) is 52.3 Å². The molecule has 3 aromatic rings. The summed E-state index contributed by atoms with van der Waals surface area (Å²) >= 11 is 3.43. The molecule has 0 saturated heterocycles. The van der Waals surface area contributed by atoms with E-state index in [9.17, 15) is 14.4 Å². The van der Waals surface area contributed by atoms with Gasteiger partial charge in [-0.05, 0) is 53.9 Å². The normalized spacial score (nSPS) is 10.3. The van der Waals surface area contributed by atoms with Crippen LogP contribution >= 0.6 is 15.9 Å². The second-order valence-corrected chi connectivity index (χ2v) is 8.06. The first kappa shape index (κ1) is 23.2. The maximum Gasteiger partial charge on any atom is 0.308 e.